The Hall–Kier alpha value is -0.990. The Morgan fingerprint density at radius 2 is 1.12 bits per heavy atom. The van der Waals surface area contributed by atoms with Crippen LogP contribution in [0.15, 0.2) is 0 Å². The molecule has 0 radical (unpaired) electrons. The molecule has 0 aromatic rings. The second kappa shape index (κ2) is 22.5. The molecule has 9 nitrogen and oxygen atoms in total. The summed E-state index contributed by atoms with van der Waals surface area (Å²) in [6.45, 7) is 8.95. The molecule has 0 aliphatic carbocycles. The van der Waals surface area contributed by atoms with Crippen molar-refractivity contribution in [1.29, 1.82) is 0 Å². The Balaban J connectivity index is 4.13. The first-order chi connectivity index (χ1) is 20.1. The van der Waals surface area contributed by atoms with Gasteiger partial charge in [0.2, 0.25) is 6.79 Å². The van der Waals surface area contributed by atoms with Crippen LogP contribution >= 0.6 is 7.82 Å². The summed E-state index contributed by atoms with van der Waals surface area (Å²) in [6.07, 6.45) is 21.3. The Labute approximate surface area is 264 Å². The highest BCUT2D eigenvalue weighted by Gasteiger charge is 2.43. The van der Waals surface area contributed by atoms with Gasteiger partial charge in [0.15, 0.2) is 6.73 Å². The van der Waals surface area contributed by atoms with E-state index in [4.69, 9.17) is 18.5 Å². The molecule has 0 aliphatic rings. The zero-order valence-corrected chi connectivity index (χ0v) is 29.9. The molecule has 10 heteroatoms. The fourth-order valence-corrected chi connectivity index (χ4v) is 5.76. The maximum absolute atomic E-state index is 12.9. The molecule has 0 saturated heterocycles. The normalized spacial score (nSPS) is 15.1. The molecule has 2 unspecified atom stereocenters. The number of phosphoric ester groups is 1. The SMILES string of the molecule is CCCCCCCCCCCCCCCCCCOC(=O)C(C)(C)CC(C)(CC)C(=O)OCOP(=O)(O)OC[N+](C)(C)C. The fourth-order valence-electron chi connectivity index (χ4n) is 5.00. The van der Waals surface area contributed by atoms with E-state index in [1.54, 1.807) is 41.9 Å². The highest BCUT2D eigenvalue weighted by Crippen LogP contribution is 2.44. The van der Waals surface area contributed by atoms with Gasteiger partial charge < -0.3 is 18.9 Å². The lowest BCUT2D eigenvalue weighted by Gasteiger charge is -2.33. The minimum Gasteiger partial charge on any atom is -0.465 e. The molecule has 0 spiro atoms. The van der Waals surface area contributed by atoms with Crippen LogP contribution in [-0.2, 0) is 32.7 Å². The van der Waals surface area contributed by atoms with Crippen molar-refractivity contribution in [3.63, 3.8) is 0 Å². The van der Waals surface area contributed by atoms with Crippen LogP contribution in [-0.4, -0.2) is 62.6 Å². The van der Waals surface area contributed by atoms with Crippen molar-refractivity contribution in [3.8, 4) is 0 Å². The number of phosphoric acid groups is 1. The molecule has 0 aromatic heterocycles. The van der Waals surface area contributed by atoms with Gasteiger partial charge >= 0.3 is 19.8 Å². The average Bonchev–Trinajstić information content (AvgIpc) is 2.92. The van der Waals surface area contributed by atoms with Crippen molar-refractivity contribution < 1.29 is 42.1 Å². The number of hydrogen-bond acceptors (Lipinski definition) is 7. The topological polar surface area (TPSA) is 108 Å². The summed E-state index contributed by atoms with van der Waals surface area (Å²) in [5.74, 6) is -0.953. The Kier molecular flexibility index (Phi) is 22.0. The summed E-state index contributed by atoms with van der Waals surface area (Å²) in [4.78, 5) is 35.5. The molecule has 0 amide bonds. The van der Waals surface area contributed by atoms with Gasteiger partial charge in [-0.3, -0.25) is 9.59 Å². The van der Waals surface area contributed by atoms with Gasteiger partial charge in [0, 0.05) is 0 Å². The van der Waals surface area contributed by atoms with Crippen molar-refractivity contribution in [3.05, 3.63) is 0 Å². The third kappa shape index (κ3) is 22.2. The number of carbonyl (C=O) groups is 2. The van der Waals surface area contributed by atoms with Crippen LogP contribution in [0.25, 0.3) is 0 Å². The number of rotatable bonds is 28. The van der Waals surface area contributed by atoms with Crippen LogP contribution in [0.4, 0.5) is 0 Å². The van der Waals surface area contributed by atoms with Crippen molar-refractivity contribution in [2.24, 2.45) is 10.8 Å². The van der Waals surface area contributed by atoms with Gasteiger partial charge in [0.25, 0.3) is 0 Å². The van der Waals surface area contributed by atoms with Crippen molar-refractivity contribution in [2.75, 3.05) is 41.3 Å². The van der Waals surface area contributed by atoms with E-state index in [9.17, 15) is 19.0 Å². The number of esters is 2. The maximum atomic E-state index is 12.9. The summed E-state index contributed by atoms with van der Waals surface area (Å²) < 4.78 is 32.8. The monoisotopic (exact) mass is 636 g/mol. The molecule has 0 saturated carbocycles. The summed E-state index contributed by atoms with van der Waals surface area (Å²) in [7, 11) is 1.01. The molecule has 2 atom stereocenters. The van der Waals surface area contributed by atoms with Crippen molar-refractivity contribution in [2.45, 2.75) is 150 Å². The van der Waals surface area contributed by atoms with Crippen molar-refractivity contribution >= 4 is 19.8 Å². The highest BCUT2D eigenvalue weighted by molar-refractivity contribution is 7.47. The van der Waals surface area contributed by atoms with Gasteiger partial charge in [-0.05, 0) is 40.0 Å². The van der Waals surface area contributed by atoms with E-state index < -0.39 is 31.4 Å². The van der Waals surface area contributed by atoms with E-state index in [1.165, 1.54) is 83.5 Å². The molecule has 0 aromatic carbocycles. The Morgan fingerprint density at radius 3 is 1.53 bits per heavy atom. The third-order valence-corrected chi connectivity index (χ3v) is 8.78. The maximum Gasteiger partial charge on any atom is 0.479 e. The number of ether oxygens (including phenoxy) is 2. The van der Waals surface area contributed by atoms with E-state index >= 15 is 0 Å². The zero-order valence-electron chi connectivity index (χ0n) is 29.0. The van der Waals surface area contributed by atoms with Gasteiger partial charge in [-0.15, -0.1) is 0 Å². The van der Waals surface area contributed by atoms with Gasteiger partial charge in [-0.1, -0.05) is 110 Å². The molecule has 0 heterocycles. The molecule has 0 fully saturated rings. The van der Waals surface area contributed by atoms with Gasteiger partial charge in [-0.2, -0.15) is 0 Å². The molecule has 0 bridgehead atoms. The van der Waals surface area contributed by atoms with E-state index in [-0.39, 0.29) is 19.1 Å². The first kappa shape index (κ1) is 42.0. The zero-order chi connectivity index (χ0) is 32.8. The molecular weight excluding hydrogens is 569 g/mol. The van der Waals surface area contributed by atoms with Gasteiger partial charge in [0.05, 0.1) is 38.6 Å². The van der Waals surface area contributed by atoms with Gasteiger partial charge in [0.1, 0.15) is 0 Å². The average molecular weight is 637 g/mol. The van der Waals surface area contributed by atoms with Crippen LogP contribution in [0.3, 0.4) is 0 Å². The number of hydrogen-bond donors (Lipinski definition) is 1. The summed E-state index contributed by atoms with van der Waals surface area (Å²) in [5, 5.41) is 0. The molecule has 43 heavy (non-hydrogen) atoms. The second-order valence-corrected chi connectivity index (χ2v) is 15.6. The highest BCUT2D eigenvalue weighted by atomic mass is 31.2. The lowest BCUT2D eigenvalue weighted by molar-refractivity contribution is -0.887. The minimum atomic E-state index is -4.37. The van der Waals surface area contributed by atoms with E-state index in [0.717, 1.165) is 19.3 Å². The second-order valence-electron chi connectivity index (χ2n) is 14.1. The van der Waals surface area contributed by atoms with Crippen LogP contribution in [0.5, 0.6) is 0 Å². The fraction of sp³-hybridized carbons (Fsp3) is 0.939. The van der Waals surface area contributed by atoms with Crippen LogP contribution in [0.2, 0.25) is 0 Å². The summed E-state index contributed by atoms with van der Waals surface area (Å²) in [6, 6.07) is 0. The largest absolute Gasteiger partial charge is 0.479 e. The molecule has 256 valence electrons. The number of quaternary nitrogens is 1. The van der Waals surface area contributed by atoms with E-state index in [0.29, 0.717) is 17.5 Å². The number of nitrogens with zero attached hydrogens (tertiary/aromatic N) is 1. The predicted molar refractivity (Wildman–Crippen MR) is 173 cm³/mol. The standard InChI is InChI=1S/C33H66NO8P/c1-9-11-12-13-14-15-16-17-18-19-20-21-22-23-24-25-26-39-30(35)32(3,4)27-33(5,10-2)31(36)40-29-42-43(37,38)41-28-34(6,7)8/h9-29H2,1-8H3/p+1. The first-order valence-electron chi connectivity index (χ1n) is 16.9. The first-order valence-corrected chi connectivity index (χ1v) is 18.3. The lowest BCUT2D eigenvalue weighted by atomic mass is 9.72. The van der Waals surface area contributed by atoms with Crippen LogP contribution in [0.1, 0.15) is 150 Å². The van der Waals surface area contributed by atoms with Crippen LogP contribution in [0, 0.1) is 10.8 Å². The Bertz CT molecular complexity index is 798. The van der Waals surface area contributed by atoms with Crippen LogP contribution < -0.4 is 0 Å². The molecular formula is C33H67NO8P+. The Morgan fingerprint density at radius 1 is 0.674 bits per heavy atom. The van der Waals surface area contributed by atoms with Crippen molar-refractivity contribution in [1.82, 2.24) is 0 Å². The van der Waals surface area contributed by atoms with E-state index in [1.807, 2.05) is 6.92 Å². The molecule has 0 rings (SSSR count). The lowest BCUT2D eigenvalue weighted by Crippen LogP contribution is -2.39. The summed E-state index contributed by atoms with van der Waals surface area (Å²) >= 11 is 0. The van der Waals surface area contributed by atoms with Gasteiger partial charge in [-0.25, -0.2) is 13.6 Å². The quantitative estimate of drug-likeness (QED) is 0.0298. The summed E-state index contributed by atoms with van der Waals surface area (Å²) in [5.41, 5.74) is -1.90. The van der Waals surface area contributed by atoms with E-state index in [2.05, 4.69) is 6.92 Å². The number of unbranched alkanes of at least 4 members (excludes halogenated alkanes) is 15. The third-order valence-electron chi connectivity index (χ3n) is 7.90. The molecule has 1 N–H and O–H groups in total. The smallest absolute Gasteiger partial charge is 0.465 e. The predicted octanol–water partition coefficient (Wildman–Crippen LogP) is 8.92. The number of carbonyl (C=O) groups excluding carboxylic acids is 2. The minimum absolute atomic E-state index is 0.0514. The molecule has 0 aliphatic heterocycles.